The minimum atomic E-state index is -4.31. The topological polar surface area (TPSA) is 146 Å². The number of anilines is 3. The molecule has 14 heteroatoms. The first-order chi connectivity index (χ1) is 17.3. The van der Waals surface area contributed by atoms with E-state index >= 15 is 4.39 Å². The molecule has 37 heavy (non-hydrogen) atoms. The Morgan fingerprint density at radius 1 is 1.08 bits per heavy atom. The first-order valence-corrected chi connectivity index (χ1v) is 12.2. The molecule has 0 aliphatic carbocycles. The molecule has 3 rings (SSSR count). The van der Waals surface area contributed by atoms with Crippen LogP contribution in [0.15, 0.2) is 36.5 Å². The van der Waals surface area contributed by atoms with Gasteiger partial charge in [0.2, 0.25) is 0 Å². The summed E-state index contributed by atoms with van der Waals surface area (Å²) in [5.41, 5.74) is 3.68. The lowest BCUT2D eigenvalue weighted by atomic mass is 10.00. The molecule has 0 saturated carbocycles. The van der Waals surface area contributed by atoms with E-state index in [2.05, 4.69) is 10.3 Å². The Morgan fingerprint density at radius 2 is 1.78 bits per heavy atom. The Hall–Kier alpha value is -3.75. The fourth-order valence-corrected chi connectivity index (χ4v) is 4.20. The molecule has 0 aliphatic rings. The number of hydrogen-bond donors (Lipinski definition) is 5. The van der Waals surface area contributed by atoms with E-state index in [-0.39, 0.29) is 17.8 Å². The SMILES string of the molecule is Cc1ccc(Nc2c(C(N)=O)cc(Cc3ccnc(NS(=O)(=O)NCC(C)O)c3F)c(F)c2F)c(F)c1. The van der Waals surface area contributed by atoms with Crippen LogP contribution in [0, 0.1) is 30.2 Å². The summed E-state index contributed by atoms with van der Waals surface area (Å²) in [4.78, 5) is 15.6. The second kappa shape index (κ2) is 11.1. The largest absolute Gasteiger partial charge is 0.392 e. The van der Waals surface area contributed by atoms with Crippen molar-refractivity contribution in [1.29, 1.82) is 0 Å². The van der Waals surface area contributed by atoms with Crippen molar-refractivity contribution in [3.63, 3.8) is 0 Å². The van der Waals surface area contributed by atoms with Gasteiger partial charge in [-0.3, -0.25) is 9.52 Å². The minimum absolute atomic E-state index is 0.236. The third-order valence-corrected chi connectivity index (χ3v) is 6.09. The maximum Gasteiger partial charge on any atom is 0.300 e. The average Bonchev–Trinajstić information content (AvgIpc) is 2.81. The number of aliphatic hydroxyl groups excluding tert-OH is 1. The maximum atomic E-state index is 15.0. The highest BCUT2D eigenvalue weighted by Crippen LogP contribution is 2.31. The summed E-state index contributed by atoms with van der Waals surface area (Å²) in [5.74, 6) is -6.88. The highest BCUT2D eigenvalue weighted by Gasteiger charge is 2.24. The third kappa shape index (κ3) is 6.72. The number of primary amides is 1. The number of carbonyl (C=O) groups excluding carboxylic acids is 1. The van der Waals surface area contributed by atoms with Crippen molar-refractivity contribution >= 4 is 33.3 Å². The molecule has 0 spiro atoms. The molecule has 198 valence electrons. The van der Waals surface area contributed by atoms with Crippen molar-refractivity contribution in [2.45, 2.75) is 26.4 Å². The van der Waals surface area contributed by atoms with Crippen LogP contribution >= 0.6 is 0 Å². The first-order valence-electron chi connectivity index (χ1n) is 10.7. The Morgan fingerprint density at radius 3 is 2.41 bits per heavy atom. The lowest BCUT2D eigenvalue weighted by molar-refractivity contribution is 0.100. The normalized spacial score (nSPS) is 12.3. The molecule has 0 fully saturated rings. The summed E-state index contributed by atoms with van der Waals surface area (Å²) in [6.45, 7) is 2.59. The Kier molecular flexibility index (Phi) is 8.35. The number of hydrogen-bond acceptors (Lipinski definition) is 6. The van der Waals surface area contributed by atoms with E-state index in [1.165, 1.54) is 19.1 Å². The van der Waals surface area contributed by atoms with Crippen molar-refractivity contribution in [1.82, 2.24) is 9.71 Å². The first kappa shape index (κ1) is 27.8. The smallest absolute Gasteiger partial charge is 0.300 e. The number of aliphatic hydroxyl groups is 1. The number of benzene rings is 2. The third-order valence-electron chi connectivity index (χ3n) is 5.08. The van der Waals surface area contributed by atoms with Crippen LogP contribution in [0.4, 0.5) is 34.8 Å². The Balaban J connectivity index is 1.97. The molecule has 1 heterocycles. The van der Waals surface area contributed by atoms with Crippen LogP contribution in [-0.4, -0.2) is 37.1 Å². The molecule has 1 aromatic heterocycles. The second-order valence-corrected chi connectivity index (χ2v) is 9.67. The predicted molar refractivity (Wildman–Crippen MR) is 129 cm³/mol. The highest BCUT2D eigenvalue weighted by molar-refractivity contribution is 7.90. The van der Waals surface area contributed by atoms with Crippen LogP contribution in [0.2, 0.25) is 0 Å². The molecule has 1 amide bonds. The van der Waals surface area contributed by atoms with Crippen LogP contribution in [0.5, 0.6) is 0 Å². The number of nitrogens with zero attached hydrogens (tertiary/aromatic N) is 1. The van der Waals surface area contributed by atoms with Crippen molar-refractivity contribution < 1.29 is 35.9 Å². The van der Waals surface area contributed by atoms with E-state index in [0.717, 1.165) is 24.4 Å². The number of nitrogens with two attached hydrogens (primary N) is 1. The summed E-state index contributed by atoms with van der Waals surface area (Å²) < 4.78 is 87.2. The second-order valence-electron chi connectivity index (χ2n) is 8.17. The van der Waals surface area contributed by atoms with E-state index < -0.39 is 74.5 Å². The molecule has 1 atom stereocenters. The van der Waals surface area contributed by atoms with Crippen LogP contribution in [0.1, 0.15) is 34.0 Å². The number of aryl methyl sites for hydroxylation is 1. The summed E-state index contributed by atoms with van der Waals surface area (Å²) in [5, 5.41) is 11.6. The van der Waals surface area contributed by atoms with Crippen LogP contribution in [-0.2, 0) is 16.6 Å². The van der Waals surface area contributed by atoms with Gasteiger partial charge in [-0.05, 0) is 54.8 Å². The highest BCUT2D eigenvalue weighted by atomic mass is 32.2. The molecule has 0 radical (unpaired) electrons. The molecule has 2 aromatic carbocycles. The van der Waals surface area contributed by atoms with Gasteiger partial charge in [0.25, 0.3) is 16.1 Å². The maximum absolute atomic E-state index is 15.0. The van der Waals surface area contributed by atoms with Crippen LogP contribution < -0.4 is 20.5 Å². The summed E-state index contributed by atoms with van der Waals surface area (Å²) in [6, 6.07) is 5.92. The lowest BCUT2D eigenvalue weighted by Gasteiger charge is -2.16. The Labute approximate surface area is 209 Å². The molecule has 1 unspecified atom stereocenters. The van der Waals surface area contributed by atoms with E-state index in [1.807, 2.05) is 9.44 Å². The number of halogens is 4. The molecule has 0 bridgehead atoms. The zero-order valence-electron chi connectivity index (χ0n) is 19.6. The summed E-state index contributed by atoms with van der Waals surface area (Å²) in [6.07, 6.45) is -0.602. The number of carbonyl (C=O) groups is 1. The average molecular weight is 542 g/mol. The fourth-order valence-electron chi connectivity index (χ4n) is 3.27. The van der Waals surface area contributed by atoms with Gasteiger partial charge in [0, 0.05) is 19.2 Å². The van der Waals surface area contributed by atoms with Gasteiger partial charge < -0.3 is 16.2 Å². The van der Waals surface area contributed by atoms with Crippen molar-refractivity contribution in [2.24, 2.45) is 5.73 Å². The van der Waals surface area contributed by atoms with Gasteiger partial charge in [-0.25, -0.2) is 22.5 Å². The fraction of sp³-hybridized carbons (Fsp3) is 0.217. The zero-order valence-corrected chi connectivity index (χ0v) is 20.4. The van der Waals surface area contributed by atoms with E-state index in [9.17, 15) is 31.5 Å². The van der Waals surface area contributed by atoms with E-state index in [4.69, 9.17) is 5.73 Å². The van der Waals surface area contributed by atoms with Gasteiger partial charge >= 0.3 is 0 Å². The molecular formula is C23H23F4N5O4S. The zero-order chi connectivity index (χ0) is 27.5. The van der Waals surface area contributed by atoms with Crippen LogP contribution in [0.25, 0.3) is 0 Å². The van der Waals surface area contributed by atoms with Crippen molar-refractivity contribution in [3.05, 3.63) is 82.1 Å². The molecular weight excluding hydrogens is 518 g/mol. The number of amides is 1. The minimum Gasteiger partial charge on any atom is -0.392 e. The van der Waals surface area contributed by atoms with Crippen molar-refractivity contribution in [2.75, 3.05) is 16.6 Å². The van der Waals surface area contributed by atoms with Gasteiger partial charge in [0.1, 0.15) is 5.82 Å². The van der Waals surface area contributed by atoms with Gasteiger partial charge in [0.15, 0.2) is 23.3 Å². The van der Waals surface area contributed by atoms with Gasteiger partial charge in [-0.2, -0.15) is 13.1 Å². The Bertz CT molecular complexity index is 1450. The standard InChI is InChI=1S/C23H23F4N5O4S/c1-11-3-4-17(16(24)7-11)31-21-15(22(28)34)9-14(18(25)20(21)27)8-13-5-6-29-23(19(13)26)32-37(35,36)30-10-12(2)33/h3-7,9,12,30-31,33H,8,10H2,1-2H3,(H2,28,34)(H,29,32). The van der Waals surface area contributed by atoms with Gasteiger partial charge in [-0.1, -0.05) is 6.07 Å². The molecule has 3 aromatic rings. The van der Waals surface area contributed by atoms with E-state index in [1.54, 1.807) is 6.92 Å². The van der Waals surface area contributed by atoms with Crippen molar-refractivity contribution in [3.8, 4) is 0 Å². The van der Waals surface area contributed by atoms with E-state index in [0.29, 0.717) is 5.56 Å². The number of nitrogens with one attached hydrogen (secondary N) is 3. The van der Waals surface area contributed by atoms with Gasteiger partial charge in [0.05, 0.1) is 23.0 Å². The lowest BCUT2D eigenvalue weighted by Crippen LogP contribution is -2.35. The molecule has 9 nitrogen and oxygen atoms in total. The number of rotatable bonds is 10. The monoisotopic (exact) mass is 541 g/mol. The molecule has 0 saturated heterocycles. The van der Waals surface area contributed by atoms with Gasteiger partial charge in [-0.15, -0.1) is 0 Å². The van der Waals surface area contributed by atoms with Crippen LogP contribution in [0.3, 0.4) is 0 Å². The molecule has 0 aliphatic heterocycles. The molecule has 6 N–H and O–H groups in total. The predicted octanol–water partition coefficient (Wildman–Crippen LogP) is 3.01. The number of pyridine rings is 1. The number of aromatic nitrogens is 1. The summed E-state index contributed by atoms with van der Waals surface area (Å²) >= 11 is 0. The quantitative estimate of drug-likeness (QED) is 0.250. The summed E-state index contributed by atoms with van der Waals surface area (Å²) in [7, 11) is -4.31.